The molecule has 4 rings (SSSR count). The number of rotatable bonds is 8. The second kappa shape index (κ2) is 9.05. The first-order valence-electron chi connectivity index (χ1n) is 10.2. The molecule has 1 N–H and O–H groups in total. The van der Waals surface area contributed by atoms with E-state index in [1.807, 2.05) is 11.0 Å². The third-order valence-corrected chi connectivity index (χ3v) is 5.17. The van der Waals surface area contributed by atoms with Crippen molar-refractivity contribution >= 4 is 5.91 Å². The van der Waals surface area contributed by atoms with Crippen molar-refractivity contribution in [3.05, 3.63) is 59.7 Å². The molecule has 0 saturated carbocycles. The largest absolute Gasteiger partial charge is 0.459 e. The summed E-state index contributed by atoms with van der Waals surface area (Å²) in [6.07, 6.45) is 5.65. The van der Waals surface area contributed by atoms with Gasteiger partial charge in [0.15, 0.2) is 5.76 Å². The van der Waals surface area contributed by atoms with E-state index in [2.05, 4.69) is 40.6 Å². The maximum Gasteiger partial charge on any atom is 0.283 e. The van der Waals surface area contributed by atoms with Crippen molar-refractivity contribution in [2.24, 2.45) is 0 Å². The van der Waals surface area contributed by atoms with Gasteiger partial charge in [-0.2, -0.15) is 0 Å². The Morgan fingerprint density at radius 3 is 2.97 bits per heavy atom. The first kappa shape index (κ1) is 19.4. The van der Waals surface area contributed by atoms with Gasteiger partial charge >= 0.3 is 0 Å². The minimum absolute atomic E-state index is 0.0194. The summed E-state index contributed by atoms with van der Waals surface area (Å²) in [5.74, 6) is 1.38. The number of aryl methyl sites for hydroxylation is 1. The molecule has 0 bridgehead atoms. The van der Waals surface area contributed by atoms with Crippen molar-refractivity contribution in [1.82, 2.24) is 20.4 Å². The molecule has 29 heavy (non-hydrogen) atoms. The zero-order chi connectivity index (χ0) is 20.1. The molecule has 1 aliphatic rings. The van der Waals surface area contributed by atoms with E-state index in [4.69, 9.17) is 8.83 Å². The molecule has 1 aliphatic carbocycles. The van der Waals surface area contributed by atoms with E-state index in [0.717, 1.165) is 32.2 Å². The van der Waals surface area contributed by atoms with Gasteiger partial charge < -0.3 is 14.2 Å². The number of aromatic nitrogens is 2. The van der Waals surface area contributed by atoms with Gasteiger partial charge in [-0.3, -0.25) is 9.69 Å². The average Bonchev–Trinajstić information content (AvgIpc) is 3.40. The van der Waals surface area contributed by atoms with E-state index in [1.54, 1.807) is 18.4 Å². The molecule has 0 spiro atoms. The van der Waals surface area contributed by atoms with Crippen LogP contribution in [0.1, 0.15) is 49.2 Å². The Morgan fingerprint density at radius 1 is 1.24 bits per heavy atom. The van der Waals surface area contributed by atoms with Crippen molar-refractivity contribution in [2.45, 2.75) is 45.2 Å². The first-order chi connectivity index (χ1) is 14.2. The fourth-order valence-corrected chi connectivity index (χ4v) is 3.89. The molecule has 2 heterocycles. The van der Waals surface area contributed by atoms with Crippen LogP contribution >= 0.6 is 0 Å². The summed E-state index contributed by atoms with van der Waals surface area (Å²) in [6.45, 7) is 3.58. The van der Waals surface area contributed by atoms with Gasteiger partial charge in [-0.1, -0.05) is 31.2 Å². The van der Waals surface area contributed by atoms with Crippen LogP contribution < -0.4 is 5.32 Å². The van der Waals surface area contributed by atoms with Gasteiger partial charge in [-0.25, -0.2) is 0 Å². The Kier molecular flexibility index (Phi) is 6.05. The molecule has 1 aromatic carbocycles. The summed E-state index contributed by atoms with van der Waals surface area (Å²) in [6, 6.07) is 12.0. The predicted octanol–water partition coefficient (Wildman–Crippen LogP) is 3.74. The van der Waals surface area contributed by atoms with Crippen molar-refractivity contribution in [1.29, 1.82) is 0 Å². The van der Waals surface area contributed by atoms with Gasteiger partial charge in [-0.05, 0) is 55.5 Å². The third-order valence-electron chi connectivity index (χ3n) is 5.17. The number of carbonyl (C=O) groups excluding carboxylic acids is 1. The second-order valence-corrected chi connectivity index (χ2v) is 7.40. The smallest absolute Gasteiger partial charge is 0.283 e. The Hall–Kier alpha value is -2.93. The summed E-state index contributed by atoms with van der Waals surface area (Å²) < 4.78 is 11.0. The van der Waals surface area contributed by atoms with Crippen LogP contribution in [-0.2, 0) is 17.8 Å². The number of nitrogens with zero attached hydrogens (tertiary/aromatic N) is 3. The molecule has 0 saturated heterocycles. The van der Waals surface area contributed by atoms with Gasteiger partial charge in [0.05, 0.1) is 25.4 Å². The highest BCUT2D eigenvalue weighted by Crippen LogP contribution is 2.29. The molecular weight excluding hydrogens is 368 g/mol. The van der Waals surface area contributed by atoms with Gasteiger partial charge in [0.2, 0.25) is 11.8 Å². The molecule has 0 unspecified atom stereocenters. The van der Waals surface area contributed by atoms with Gasteiger partial charge in [0.25, 0.3) is 5.89 Å². The molecule has 1 amide bonds. The lowest BCUT2D eigenvalue weighted by Crippen LogP contribution is -2.39. The SMILES string of the molecule is CCCN(CC(=O)N[C@@H]1CCCc2ccccc21)Cc1nnc(-c2ccco2)o1. The van der Waals surface area contributed by atoms with Gasteiger partial charge in [0.1, 0.15) is 0 Å². The summed E-state index contributed by atoms with van der Waals surface area (Å²) in [7, 11) is 0. The van der Waals surface area contributed by atoms with E-state index < -0.39 is 0 Å². The van der Waals surface area contributed by atoms with Crippen LogP contribution in [0.4, 0.5) is 0 Å². The number of carbonyl (C=O) groups is 1. The van der Waals surface area contributed by atoms with E-state index in [-0.39, 0.29) is 11.9 Å². The molecule has 0 radical (unpaired) electrons. The highest BCUT2D eigenvalue weighted by molar-refractivity contribution is 5.78. The number of nitrogens with one attached hydrogen (secondary N) is 1. The Bertz CT molecular complexity index is 935. The molecule has 1 atom stereocenters. The van der Waals surface area contributed by atoms with Crippen LogP contribution in [-0.4, -0.2) is 34.1 Å². The van der Waals surface area contributed by atoms with Crippen molar-refractivity contribution in [3.8, 4) is 11.7 Å². The normalized spacial score (nSPS) is 16.0. The number of benzene rings is 1. The fraction of sp³-hybridized carbons (Fsp3) is 0.409. The second-order valence-electron chi connectivity index (χ2n) is 7.40. The summed E-state index contributed by atoms with van der Waals surface area (Å²) in [4.78, 5) is 14.8. The number of fused-ring (bicyclic) bond motifs is 1. The molecule has 3 aromatic rings. The fourth-order valence-electron chi connectivity index (χ4n) is 3.89. The number of amides is 1. The molecule has 7 nitrogen and oxygen atoms in total. The minimum atomic E-state index is 0.0194. The molecular formula is C22H26N4O3. The molecule has 0 aliphatic heterocycles. The van der Waals surface area contributed by atoms with Crippen LogP contribution in [0.15, 0.2) is 51.5 Å². The third kappa shape index (κ3) is 4.74. The van der Waals surface area contributed by atoms with Gasteiger partial charge in [-0.15, -0.1) is 10.2 Å². The standard InChI is InChI=1S/C22H26N4O3/c1-2-12-26(15-21-24-25-22(29-21)19-11-6-13-28-19)14-20(27)23-18-10-5-8-16-7-3-4-9-17(16)18/h3-4,6-7,9,11,13,18H,2,5,8,10,12,14-15H2,1H3,(H,23,27)/t18-/m1/s1. The van der Waals surface area contributed by atoms with Crippen molar-refractivity contribution in [3.63, 3.8) is 0 Å². The lowest BCUT2D eigenvalue weighted by atomic mass is 9.88. The van der Waals surface area contributed by atoms with E-state index in [9.17, 15) is 4.79 Å². The zero-order valence-corrected chi connectivity index (χ0v) is 16.6. The lowest BCUT2D eigenvalue weighted by molar-refractivity contribution is -0.123. The predicted molar refractivity (Wildman–Crippen MR) is 108 cm³/mol. The Labute approximate surface area is 170 Å². The maximum absolute atomic E-state index is 12.8. The number of furan rings is 1. The van der Waals surface area contributed by atoms with E-state index in [1.165, 1.54) is 11.1 Å². The van der Waals surface area contributed by atoms with Gasteiger partial charge in [0, 0.05) is 0 Å². The zero-order valence-electron chi connectivity index (χ0n) is 16.6. The quantitative estimate of drug-likeness (QED) is 0.627. The molecule has 152 valence electrons. The Balaban J connectivity index is 1.38. The van der Waals surface area contributed by atoms with Crippen LogP contribution in [0.2, 0.25) is 0 Å². The average molecular weight is 394 g/mol. The topological polar surface area (TPSA) is 84.4 Å². The number of hydrogen-bond acceptors (Lipinski definition) is 6. The monoisotopic (exact) mass is 394 g/mol. The highest BCUT2D eigenvalue weighted by Gasteiger charge is 2.23. The van der Waals surface area contributed by atoms with Crippen LogP contribution in [0.25, 0.3) is 11.7 Å². The Morgan fingerprint density at radius 2 is 2.14 bits per heavy atom. The van der Waals surface area contributed by atoms with Crippen LogP contribution in [0, 0.1) is 0 Å². The minimum Gasteiger partial charge on any atom is -0.459 e. The lowest BCUT2D eigenvalue weighted by Gasteiger charge is -2.27. The van der Waals surface area contributed by atoms with Crippen molar-refractivity contribution < 1.29 is 13.6 Å². The van der Waals surface area contributed by atoms with E-state index >= 15 is 0 Å². The summed E-state index contributed by atoms with van der Waals surface area (Å²) in [5, 5.41) is 11.3. The maximum atomic E-state index is 12.8. The molecule has 2 aromatic heterocycles. The molecule has 7 heteroatoms. The van der Waals surface area contributed by atoms with E-state index in [0.29, 0.717) is 30.6 Å². The first-order valence-corrected chi connectivity index (χ1v) is 10.2. The van der Waals surface area contributed by atoms with Crippen molar-refractivity contribution in [2.75, 3.05) is 13.1 Å². The number of hydrogen-bond donors (Lipinski definition) is 1. The van der Waals surface area contributed by atoms with Crippen LogP contribution in [0.5, 0.6) is 0 Å². The van der Waals surface area contributed by atoms with Crippen LogP contribution in [0.3, 0.4) is 0 Å². The molecule has 0 fully saturated rings. The summed E-state index contributed by atoms with van der Waals surface area (Å²) >= 11 is 0. The summed E-state index contributed by atoms with van der Waals surface area (Å²) in [5.41, 5.74) is 2.58. The highest BCUT2D eigenvalue weighted by atomic mass is 16.4.